The highest BCUT2D eigenvalue weighted by atomic mass is 32.2. The number of carbonyl (C=O) groups is 1. The number of pyridine rings is 1. The third-order valence-corrected chi connectivity index (χ3v) is 6.25. The number of hydrogen-bond donors (Lipinski definition) is 3. The maximum absolute atomic E-state index is 12.6. The number of nitrogens with zero attached hydrogens (tertiary/aromatic N) is 2. The average molecular weight is 384 g/mol. The van der Waals surface area contributed by atoms with Gasteiger partial charge in [0.05, 0.1) is 13.2 Å². The molecule has 2 aliphatic rings. The van der Waals surface area contributed by atoms with Crippen LogP contribution < -0.4 is 14.9 Å². The Morgan fingerprint density at radius 2 is 1.81 bits per heavy atom. The van der Waals surface area contributed by atoms with Crippen molar-refractivity contribution in [1.82, 2.24) is 15.0 Å². The SMILES string of the molecule is O=C(O)NC1CCC(NS(=O)(=O)c2ccc(N3CCOCC3)nc2)CC1. The molecule has 0 atom stereocenters. The van der Waals surface area contributed by atoms with Gasteiger partial charge in [0.2, 0.25) is 10.0 Å². The van der Waals surface area contributed by atoms with Gasteiger partial charge in [-0.15, -0.1) is 0 Å². The summed E-state index contributed by atoms with van der Waals surface area (Å²) in [4.78, 5) is 17.1. The fourth-order valence-electron chi connectivity index (χ4n) is 3.33. The van der Waals surface area contributed by atoms with Crippen LogP contribution in [-0.2, 0) is 14.8 Å². The summed E-state index contributed by atoms with van der Waals surface area (Å²) in [5.74, 6) is 0.743. The van der Waals surface area contributed by atoms with E-state index in [9.17, 15) is 13.2 Å². The van der Waals surface area contributed by atoms with Crippen LogP contribution in [0, 0.1) is 0 Å². The number of nitrogens with one attached hydrogen (secondary N) is 2. The normalized spacial score (nSPS) is 24.2. The molecule has 2 heterocycles. The van der Waals surface area contributed by atoms with E-state index in [1.165, 1.54) is 6.20 Å². The van der Waals surface area contributed by atoms with Crippen LogP contribution in [0.3, 0.4) is 0 Å². The lowest BCUT2D eigenvalue weighted by Gasteiger charge is -2.29. The summed E-state index contributed by atoms with van der Waals surface area (Å²) < 4.78 is 33.1. The molecule has 144 valence electrons. The number of anilines is 1. The summed E-state index contributed by atoms with van der Waals surface area (Å²) in [7, 11) is -3.64. The van der Waals surface area contributed by atoms with E-state index in [2.05, 4.69) is 19.9 Å². The van der Waals surface area contributed by atoms with Crippen molar-refractivity contribution in [2.24, 2.45) is 0 Å². The van der Waals surface area contributed by atoms with Crippen molar-refractivity contribution >= 4 is 21.9 Å². The Hall–Kier alpha value is -1.91. The van der Waals surface area contributed by atoms with Crippen molar-refractivity contribution in [1.29, 1.82) is 0 Å². The monoisotopic (exact) mass is 384 g/mol. The van der Waals surface area contributed by atoms with Gasteiger partial charge in [-0.1, -0.05) is 0 Å². The third-order valence-electron chi connectivity index (χ3n) is 4.74. The number of aromatic nitrogens is 1. The lowest BCUT2D eigenvalue weighted by atomic mass is 9.92. The number of rotatable bonds is 5. The highest BCUT2D eigenvalue weighted by Crippen LogP contribution is 2.21. The third kappa shape index (κ3) is 4.83. The zero-order chi connectivity index (χ0) is 18.6. The number of ether oxygens (including phenoxy) is 1. The maximum Gasteiger partial charge on any atom is 0.404 e. The molecule has 0 bridgehead atoms. The molecular formula is C16H24N4O5S. The van der Waals surface area contributed by atoms with E-state index in [1.54, 1.807) is 12.1 Å². The smallest absolute Gasteiger partial charge is 0.404 e. The lowest BCUT2D eigenvalue weighted by Crippen LogP contribution is -2.43. The second kappa shape index (κ2) is 8.19. The Morgan fingerprint density at radius 1 is 1.15 bits per heavy atom. The van der Waals surface area contributed by atoms with E-state index in [4.69, 9.17) is 9.84 Å². The summed E-state index contributed by atoms with van der Waals surface area (Å²) in [5.41, 5.74) is 0. The topological polar surface area (TPSA) is 121 Å². The minimum atomic E-state index is -3.64. The van der Waals surface area contributed by atoms with E-state index >= 15 is 0 Å². The van der Waals surface area contributed by atoms with Gasteiger partial charge in [0, 0.05) is 31.4 Å². The largest absolute Gasteiger partial charge is 0.465 e. The second-order valence-corrected chi connectivity index (χ2v) is 8.28. The molecule has 9 nitrogen and oxygen atoms in total. The molecule has 10 heteroatoms. The van der Waals surface area contributed by atoms with Gasteiger partial charge in [-0.05, 0) is 37.8 Å². The first-order chi connectivity index (χ1) is 12.4. The Kier molecular flexibility index (Phi) is 5.94. The van der Waals surface area contributed by atoms with Crippen LogP contribution in [0.4, 0.5) is 10.6 Å². The van der Waals surface area contributed by atoms with Crippen molar-refractivity contribution < 1.29 is 23.1 Å². The average Bonchev–Trinajstić information content (AvgIpc) is 2.64. The minimum Gasteiger partial charge on any atom is -0.465 e. The Balaban J connectivity index is 1.57. The molecule has 0 radical (unpaired) electrons. The molecule has 1 aliphatic carbocycles. The molecule has 1 saturated heterocycles. The predicted molar refractivity (Wildman–Crippen MR) is 94.8 cm³/mol. The fraction of sp³-hybridized carbons (Fsp3) is 0.625. The van der Waals surface area contributed by atoms with Crippen LogP contribution in [0.2, 0.25) is 0 Å². The van der Waals surface area contributed by atoms with Gasteiger partial charge in [-0.3, -0.25) is 0 Å². The van der Waals surface area contributed by atoms with E-state index in [0.29, 0.717) is 38.9 Å². The first-order valence-corrected chi connectivity index (χ1v) is 10.2. The zero-order valence-corrected chi connectivity index (χ0v) is 15.2. The molecule has 0 unspecified atom stereocenters. The van der Waals surface area contributed by atoms with E-state index in [-0.39, 0.29) is 17.0 Å². The summed E-state index contributed by atoms with van der Waals surface area (Å²) >= 11 is 0. The zero-order valence-electron chi connectivity index (χ0n) is 14.4. The van der Waals surface area contributed by atoms with Crippen molar-refractivity contribution in [2.45, 2.75) is 42.7 Å². The van der Waals surface area contributed by atoms with Crippen molar-refractivity contribution in [3.05, 3.63) is 18.3 Å². The van der Waals surface area contributed by atoms with Crippen LogP contribution >= 0.6 is 0 Å². The Labute approximate surface area is 152 Å². The minimum absolute atomic E-state index is 0.109. The fourth-order valence-corrected chi connectivity index (χ4v) is 4.58. The maximum atomic E-state index is 12.6. The number of sulfonamides is 1. The number of morpholine rings is 1. The first-order valence-electron chi connectivity index (χ1n) is 8.74. The number of amides is 1. The van der Waals surface area contributed by atoms with E-state index in [1.807, 2.05) is 0 Å². The Morgan fingerprint density at radius 3 is 2.38 bits per heavy atom. The van der Waals surface area contributed by atoms with Gasteiger partial charge >= 0.3 is 6.09 Å². The standard InChI is InChI=1S/C16H24N4O5S/c21-16(22)18-12-1-3-13(4-2-12)19-26(23,24)14-5-6-15(17-11-14)20-7-9-25-10-8-20/h5-6,11-13,18-19H,1-4,7-10H2,(H,21,22). The van der Waals surface area contributed by atoms with Crippen LogP contribution in [0.25, 0.3) is 0 Å². The highest BCUT2D eigenvalue weighted by molar-refractivity contribution is 7.89. The van der Waals surface area contributed by atoms with Crippen molar-refractivity contribution in [3.8, 4) is 0 Å². The summed E-state index contributed by atoms with van der Waals surface area (Å²) in [6.45, 7) is 2.77. The number of carboxylic acid groups (broad SMARTS) is 1. The van der Waals surface area contributed by atoms with Gasteiger partial charge in [0.1, 0.15) is 10.7 Å². The Bertz CT molecular complexity index is 711. The molecular weight excluding hydrogens is 360 g/mol. The van der Waals surface area contributed by atoms with Crippen molar-refractivity contribution in [3.63, 3.8) is 0 Å². The summed E-state index contributed by atoms with van der Waals surface area (Å²) in [5, 5.41) is 11.2. The molecule has 1 amide bonds. The summed E-state index contributed by atoms with van der Waals surface area (Å²) in [6, 6.07) is 2.99. The van der Waals surface area contributed by atoms with E-state index < -0.39 is 16.1 Å². The molecule has 3 N–H and O–H groups in total. The summed E-state index contributed by atoms with van der Waals surface area (Å²) in [6.07, 6.45) is 2.78. The van der Waals surface area contributed by atoms with Gasteiger partial charge in [0.15, 0.2) is 0 Å². The molecule has 1 aromatic rings. The van der Waals surface area contributed by atoms with Gasteiger partial charge in [0.25, 0.3) is 0 Å². The molecule has 1 aliphatic heterocycles. The van der Waals surface area contributed by atoms with Crippen LogP contribution in [0.1, 0.15) is 25.7 Å². The number of hydrogen-bond acceptors (Lipinski definition) is 6. The quantitative estimate of drug-likeness (QED) is 0.686. The van der Waals surface area contributed by atoms with Crippen LogP contribution in [0.15, 0.2) is 23.2 Å². The molecule has 26 heavy (non-hydrogen) atoms. The van der Waals surface area contributed by atoms with Crippen LogP contribution in [-0.4, -0.2) is 63.0 Å². The van der Waals surface area contributed by atoms with E-state index in [0.717, 1.165) is 18.9 Å². The molecule has 1 aromatic heterocycles. The molecule has 1 saturated carbocycles. The lowest BCUT2D eigenvalue weighted by molar-refractivity contribution is 0.122. The molecule has 2 fully saturated rings. The van der Waals surface area contributed by atoms with Gasteiger partial charge in [-0.2, -0.15) is 0 Å². The van der Waals surface area contributed by atoms with Crippen molar-refractivity contribution in [2.75, 3.05) is 31.2 Å². The molecule has 0 aromatic carbocycles. The van der Waals surface area contributed by atoms with Gasteiger partial charge in [-0.25, -0.2) is 22.9 Å². The first kappa shape index (κ1) is 18.9. The molecule has 0 spiro atoms. The van der Waals surface area contributed by atoms with Crippen LogP contribution in [0.5, 0.6) is 0 Å². The van der Waals surface area contributed by atoms with Gasteiger partial charge < -0.3 is 20.1 Å². The predicted octanol–water partition coefficient (Wildman–Crippen LogP) is 0.775. The highest BCUT2D eigenvalue weighted by Gasteiger charge is 2.26. The molecule has 3 rings (SSSR count). The second-order valence-electron chi connectivity index (χ2n) is 6.57.